The van der Waals surface area contributed by atoms with Crippen LogP contribution in [0.2, 0.25) is 0 Å². The van der Waals surface area contributed by atoms with E-state index in [9.17, 15) is 14.7 Å². The molecule has 1 unspecified atom stereocenters. The largest absolute Gasteiger partial charge is 0.492 e. The first kappa shape index (κ1) is 24.3. The number of nitrogens with zero attached hydrogens (tertiary/aromatic N) is 4. The highest BCUT2D eigenvalue weighted by atomic mass is 19.1. The topological polar surface area (TPSA) is 141 Å². The Morgan fingerprint density at radius 1 is 1.29 bits per heavy atom. The number of fused-ring (bicyclic) bond motifs is 1. The molecule has 1 atom stereocenters. The van der Waals surface area contributed by atoms with Crippen molar-refractivity contribution in [2.45, 2.75) is 32.7 Å². The van der Waals surface area contributed by atoms with Crippen molar-refractivity contribution in [3.63, 3.8) is 0 Å². The minimum atomic E-state index is -1.36. The maximum Gasteiger partial charge on any atom is 0.341 e. The Balaban J connectivity index is 1.89. The lowest BCUT2D eigenvalue weighted by atomic mass is 10.1. The third-order valence-corrected chi connectivity index (χ3v) is 6.01. The van der Waals surface area contributed by atoms with E-state index in [0.717, 1.165) is 18.9 Å². The number of aromatic carboxylic acids is 1. The average molecular weight is 490 g/mol. The van der Waals surface area contributed by atoms with E-state index in [1.165, 1.54) is 13.3 Å². The Morgan fingerprint density at radius 3 is 2.60 bits per heavy atom. The summed E-state index contributed by atoms with van der Waals surface area (Å²) in [5.74, 6) is -2.27. The van der Waals surface area contributed by atoms with E-state index in [-0.39, 0.29) is 41.8 Å². The molecule has 1 saturated carbocycles. The number of hydrogen-bond donors (Lipinski definition) is 2. The van der Waals surface area contributed by atoms with Gasteiger partial charge in [0.1, 0.15) is 30.3 Å². The van der Waals surface area contributed by atoms with Gasteiger partial charge in [0.15, 0.2) is 11.6 Å². The number of pyridine rings is 1. The molecule has 2 aliphatic rings. The van der Waals surface area contributed by atoms with Crippen molar-refractivity contribution < 1.29 is 28.7 Å². The summed E-state index contributed by atoms with van der Waals surface area (Å²) >= 11 is 0. The van der Waals surface area contributed by atoms with Crippen molar-refractivity contribution in [2.75, 3.05) is 38.3 Å². The van der Waals surface area contributed by atoms with Crippen LogP contribution in [0.15, 0.2) is 27.4 Å². The number of carbonyl (C=O) groups is 1. The maximum atomic E-state index is 15.6. The molecule has 0 bridgehead atoms. The van der Waals surface area contributed by atoms with E-state index >= 15 is 4.39 Å². The van der Waals surface area contributed by atoms with Crippen LogP contribution in [-0.2, 0) is 9.68 Å². The lowest BCUT2D eigenvalue weighted by Crippen LogP contribution is -2.31. The number of rotatable bonds is 9. The molecule has 1 aliphatic heterocycles. The van der Waals surface area contributed by atoms with Crippen molar-refractivity contribution in [1.29, 1.82) is 0 Å². The monoisotopic (exact) mass is 489 g/mol. The van der Waals surface area contributed by atoms with Gasteiger partial charge in [0.2, 0.25) is 5.43 Å². The summed E-state index contributed by atoms with van der Waals surface area (Å²) in [6.07, 6.45) is 2.94. The van der Waals surface area contributed by atoms with Crippen molar-refractivity contribution in [3.05, 3.63) is 33.9 Å². The number of methoxy groups -OCH3 is 1. The number of carboxylic acids is 1. The summed E-state index contributed by atoms with van der Waals surface area (Å²) in [4.78, 5) is 36.6. The Kier molecular flexibility index (Phi) is 6.81. The second-order valence-electron chi connectivity index (χ2n) is 8.32. The van der Waals surface area contributed by atoms with Crippen molar-refractivity contribution in [1.82, 2.24) is 4.57 Å². The standard InChI is InChI=1S/C23H28FN5O6/c1-4-34-26-17-11-28(9-14(17)22(25)27-35-5-2)19-16(24)8-13-18(21(19)33-3)29(12-6-7-12)10-15(20(13)30)23(31)32/h8,10,12,14H,4-7,9,11H2,1-3H3,(H2,25,27)(H,31,32)/b26-17-. The minimum Gasteiger partial charge on any atom is -0.492 e. The zero-order valence-corrected chi connectivity index (χ0v) is 19.8. The van der Waals surface area contributed by atoms with E-state index in [1.807, 2.05) is 0 Å². The fraction of sp³-hybridized carbons (Fsp3) is 0.478. The van der Waals surface area contributed by atoms with Gasteiger partial charge in [-0.3, -0.25) is 4.79 Å². The molecule has 3 N–H and O–H groups in total. The van der Waals surface area contributed by atoms with Crippen molar-refractivity contribution >= 4 is 34.1 Å². The number of ether oxygens (including phenoxy) is 1. The van der Waals surface area contributed by atoms with E-state index in [2.05, 4.69) is 10.3 Å². The van der Waals surface area contributed by atoms with Gasteiger partial charge in [0.25, 0.3) is 0 Å². The molecule has 35 heavy (non-hydrogen) atoms. The molecule has 2 aromatic rings. The Bertz CT molecular complexity index is 1270. The summed E-state index contributed by atoms with van der Waals surface area (Å²) in [5, 5.41) is 17.5. The smallest absolute Gasteiger partial charge is 0.341 e. The molecule has 1 saturated heterocycles. The summed E-state index contributed by atoms with van der Waals surface area (Å²) < 4.78 is 23.0. The normalized spacial score (nSPS) is 19.4. The van der Waals surface area contributed by atoms with Crippen LogP contribution in [0.4, 0.5) is 10.1 Å². The first-order valence-electron chi connectivity index (χ1n) is 11.4. The number of carboxylic acid groups (broad SMARTS) is 1. The minimum absolute atomic E-state index is 0.00112. The third-order valence-electron chi connectivity index (χ3n) is 6.01. The fourth-order valence-corrected chi connectivity index (χ4v) is 4.30. The predicted octanol–water partition coefficient (Wildman–Crippen LogP) is 2.32. The molecule has 2 heterocycles. The van der Waals surface area contributed by atoms with Gasteiger partial charge in [-0.25, -0.2) is 9.18 Å². The summed E-state index contributed by atoms with van der Waals surface area (Å²) in [6.45, 7) is 4.63. The van der Waals surface area contributed by atoms with Crippen LogP contribution < -0.4 is 20.8 Å². The Hall–Kier alpha value is -3.83. The summed E-state index contributed by atoms with van der Waals surface area (Å²) in [6, 6.07) is 1.07. The second kappa shape index (κ2) is 9.80. The predicted molar refractivity (Wildman–Crippen MR) is 128 cm³/mol. The molecule has 1 aliphatic carbocycles. The van der Waals surface area contributed by atoms with E-state index in [1.54, 1.807) is 23.3 Å². The molecule has 1 aromatic heterocycles. The molecule has 12 heteroatoms. The number of amidine groups is 1. The van der Waals surface area contributed by atoms with Crippen molar-refractivity contribution in [2.24, 2.45) is 22.0 Å². The number of hydrogen-bond acceptors (Lipinski definition) is 8. The van der Waals surface area contributed by atoms with Gasteiger partial charge in [-0.15, -0.1) is 0 Å². The van der Waals surface area contributed by atoms with Gasteiger partial charge in [-0.1, -0.05) is 10.3 Å². The third kappa shape index (κ3) is 4.47. The first-order valence-corrected chi connectivity index (χ1v) is 11.4. The van der Waals surface area contributed by atoms with Gasteiger partial charge in [0, 0.05) is 18.8 Å². The summed E-state index contributed by atoms with van der Waals surface area (Å²) in [5.41, 5.74) is 5.97. The number of anilines is 1. The lowest BCUT2D eigenvalue weighted by Gasteiger charge is -2.24. The quantitative estimate of drug-likeness (QED) is 0.311. The number of halogens is 1. The molecule has 188 valence electrons. The van der Waals surface area contributed by atoms with Crippen LogP contribution in [0.1, 0.15) is 43.1 Å². The van der Waals surface area contributed by atoms with Crippen LogP contribution >= 0.6 is 0 Å². The second-order valence-corrected chi connectivity index (χ2v) is 8.32. The highest BCUT2D eigenvalue weighted by Crippen LogP contribution is 2.44. The number of nitrogens with two attached hydrogens (primary N) is 1. The van der Waals surface area contributed by atoms with Crippen LogP contribution in [0.5, 0.6) is 5.75 Å². The number of benzene rings is 1. The molecule has 11 nitrogen and oxygen atoms in total. The zero-order chi connectivity index (χ0) is 25.3. The van der Waals surface area contributed by atoms with Crippen LogP contribution in [0.25, 0.3) is 10.9 Å². The number of aromatic nitrogens is 1. The molecule has 2 fully saturated rings. The van der Waals surface area contributed by atoms with Crippen LogP contribution in [-0.4, -0.2) is 60.6 Å². The average Bonchev–Trinajstić information content (AvgIpc) is 3.59. The lowest BCUT2D eigenvalue weighted by molar-refractivity contribution is 0.0694. The maximum absolute atomic E-state index is 15.6. The molecule has 4 rings (SSSR count). The van der Waals surface area contributed by atoms with E-state index in [0.29, 0.717) is 24.4 Å². The Morgan fingerprint density at radius 2 is 2.00 bits per heavy atom. The first-order chi connectivity index (χ1) is 16.8. The molecule has 0 amide bonds. The van der Waals surface area contributed by atoms with Crippen LogP contribution in [0.3, 0.4) is 0 Å². The number of oxime groups is 2. The highest BCUT2D eigenvalue weighted by Gasteiger charge is 2.37. The molecule has 1 aromatic carbocycles. The van der Waals surface area contributed by atoms with Gasteiger partial charge < -0.3 is 34.7 Å². The summed E-state index contributed by atoms with van der Waals surface area (Å²) in [7, 11) is 1.39. The van der Waals surface area contributed by atoms with E-state index < -0.39 is 28.7 Å². The Labute approximate surface area is 200 Å². The molecule has 0 spiro atoms. The van der Waals surface area contributed by atoms with Crippen LogP contribution in [0, 0.1) is 11.7 Å². The van der Waals surface area contributed by atoms with Gasteiger partial charge >= 0.3 is 5.97 Å². The highest BCUT2D eigenvalue weighted by molar-refractivity contribution is 6.10. The van der Waals surface area contributed by atoms with Gasteiger partial charge in [-0.05, 0) is 32.8 Å². The zero-order valence-electron chi connectivity index (χ0n) is 19.8. The van der Waals surface area contributed by atoms with Gasteiger partial charge in [-0.2, -0.15) is 0 Å². The SMILES string of the molecule is CCO/N=C(/N)C1CN(c2c(F)cc3c(=O)c(C(=O)O)cn(C4CC4)c3c2OC)C/C1=N/OCC. The fourth-order valence-electron chi connectivity index (χ4n) is 4.30. The molecule has 0 radical (unpaired) electrons. The molecular weight excluding hydrogens is 461 g/mol. The van der Waals surface area contributed by atoms with Gasteiger partial charge in [0.05, 0.1) is 36.2 Å². The van der Waals surface area contributed by atoms with Crippen molar-refractivity contribution in [3.8, 4) is 5.75 Å². The van der Waals surface area contributed by atoms with E-state index in [4.69, 9.17) is 20.1 Å². The molecular formula is C23H28FN5O6.